The molecule has 30 heavy (non-hydrogen) atoms. The number of nitrogens with one attached hydrogen (secondary N) is 2. The van der Waals surface area contributed by atoms with E-state index in [1.54, 1.807) is 12.1 Å². The van der Waals surface area contributed by atoms with E-state index in [-0.39, 0.29) is 17.5 Å². The molecular weight excluding hydrogens is 396 g/mol. The smallest absolute Gasteiger partial charge is 0.387 e. The number of carbonyl (C=O) groups excluding carboxylic acids is 1. The van der Waals surface area contributed by atoms with Gasteiger partial charge in [-0.2, -0.15) is 8.78 Å². The molecular formula is C20H19F2N5O3. The summed E-state index contributed by atoms with van der Waals surface area (Å²) >= 11 is 0. The van der Waals surface area contributed by atoms with E-state index in [1.807, 2.05) is 12.1 Å². The Labute approximate surface area is 170 Å². The zero-order valence-corrected chi connectivity index (χ0v) is 15.8. The molecule has 1 aromatic heterocycles. The second-order valence-electron chi connectivity index (χ2n) is 6.56. The summed E-state index contributed by atoms with van der Waals surface area (Å²) in [4.78, 5) is 12.5. The van der Waals surface area contributed by atoms with E-state index >= 15 is 0 Å². The lowest BCUT2D eigenvalue weighted by molar-refractivity contribution is -0.0498. The first kappa shape index (κ1) is 19.9. The van der Waals surface area contributed by atoms with Crippen molar-refractivity contribution in [2.24, 2.45) is 0 Å². The van der Waals surface area contributed by atoms with Crippen LogP contribution in [0.3, 0.4) is 0 Å². The van der Waals surface area contributed by atoms with Gasteiger partial charge in [-0.1, -0.05) is 17.3 Å². The molecule has 1 unspecified atom stereocenters. The van der Waals surface area contributed by atoms with E-state index in [4.69, 9.17) is 4.74 Å². The third-order valence-corrected chi connectivity index (χ3v) is 4.52. The number of hydrogen-bond donors (Lipinski definition) is 2. The number of aromatic nitrogens is 3. The standard InChI is InChI=1S/C20H19F2N5O3/c21-20(22)30-16-7-5-15(6-8-16)27-12-17(25-26-27)19(28)24-14-3-1-13(2-4-14)18-11-23-9-10-29-18/h1-8,12,18,20,23H,9-11H2,(H,24,28). The maximum atomic E-state index is 12.5. The molecule has 2 heterocycles. The van der Waals surface area contributed by atoms with Crippen LogP contribution in [0.5, 0.6) is 5.75 Å². The topological polar surface area (TPSA) is 90.3 Å². The van der Waals surface area contributed by atoms with Crippen LogP contribution in [0.4, 0.5) is 14.5 Å². The molecule has 0 aliphatic carbocycles. The molecule has 3 aromatic rings. The van der Waals surface area contributed by atoms with Gasteiger partial charge in [-0.3, -0.25) is 4.79 Å². The molecule has 1 aliphatic heterocycles. The van der Waals surface area contributed by atoms with E-state index in [0.717, 1.165) is 18.7 Å². The highest BCUT2D eigenvalue weighted by Crippen LogP contribution is 2.21. The van der Waals surface area contributed by atoms with Gasteiger partial charge >= 0.3 is 6.61 Å². The minimum Gasteiger partial charge on any atom is -0.435 e. The number of amides is 1. The van der Waals surface area contributed by atoms with E-state index < -0.39 is 12.5 Å². The molecule has 0 radical (unpaired) electrons. The molecule has 0 bridgehead atoms. The molecule has 1 saturated heterocycles. The molecule has 2 N–H and O–H groups in total. The number of morpholine rings is 1. The van der Waals surface area contributed by atoms with Gasteiger partial charge in [-0.15, -0.1) is 5.10 Å². The first-order chi connectivity index (χ1) is 14.6. The number of nitrogens with zero attached hydrogens (tertiary/aromatic N) is 3. The normalized spacial score (nSPS) is 16.4. The zero-order valence-electron chi connectivity index (χ0n) is 15.8. The Morgan fingerprint density at radius 3 is 2.63 bits per heavy atom. The Kier molecular flexibility index (Phi) is 5.96. The van der Waals surface area contributed by atoms with Gasteiger partial charge in [0.25, 0.3) is 5.91 Å². The van der Waals surface area contributed by atoms with Gasteiger partial charge in [-0.05, 0) is 42.0 Å². The summed E-state index contributed by atoms with van der Waals surface area (Å²) in [5.41, 5.74) is 2.32. The van der Waals surface area contributed by atoms with Gasteiger partial charge in [0, 0.05) is 18.8 Å². The van der Waals surface area contributed by atoms with E-state index in [0.29, 0.717) is 18.0 Å². The third-order valence-electron chi connectivity index (χ3n) is 4.52. The van der Waals surface area contributed by atoms with E-state index in [2.05, 4.69) is 25.7 Å². The van der Waals surface area contributed by atoms with Crippen LogP contribution in [0.25, 0.3) is 5.69 Å². The second-order valence-corrected chi connectivity index (χ2v) is 6.56. The van der Waals surface area contributed by atoms with Gasteiger partial charge < -0.3 is 20.1 Å². The minimum atomic E-state index is -2.89. The van der Waals surface area contributed by atoms with Crippen molar-refractivity contribution in [1.29, 1.82) is 0 Å². The summed E-state index contributed by atoms with van der Waals surface area (Å²) in [5.74, 6) is -0.382. The predicted octanol–water partition coefficient (Wildman–Crippen LogP) is 2.78. The molecule has 8 nitrogen and oxygen atoms in total. The number of alkyl halides is 2. The summed E-state index contributed by atoms with van der Waals surface area (Å²) < 4.78 is 35.8. The van der Waals surface area contributed by atoms with Crippen molar-refractivity contribution in [3.8, 4) is 11.4 Å². The molecule has 1 fully saturated rings. The Balaban J connectivity index is 1.39. The minimum absolute atomic E-state index is 0.000817. The third kappa shape index (κ3) is 4.78. The molecule has 4 rings (SSSR count). The predicted molar refractivity (Wildman–Crippen MR) is 104 cm³/mol. The zero-order chi connectivity index (χ0) is 20.9. The fraction of sp³-hybridized carbons (Fsp3) is 0.250. The van der Waals surface area contributed by atoms with Crippen LogP contribution in [0.1, 0.15) is 22.2 Å². The maximum Gasteiger partial charge on any atom is 0.387 e. The van der Waals surface area contributed by atoms with Crippen molar-refractivity contribution in [1.82, 2.24) is 20.3 Å². The largest absolute Gasteiger partial charge is 0.435 e. The molecule has 2 aromatic carbocycles. The first-order valence-corrected chi connectivity index (χ1v) is 9.30. The highest BCUT2D eigenvalue weighted by atomic mass is 19.3. The summed E-state index contributed by atoms with van der Waals surface area (Å²) in [6, 6.07) is 13.3. The number of rotatable bonds is 6. The Morgan fingerprint density at radius 1 is 1.20 bits per heavy atom. The van der Waals surface area contributed by atoms with Crippen LogP contribution in [0.2, 0.25) is 0 Å². The van der Waals surface area contributed by atoms with Crippen molar-refractivity contribution >= 4 is 11.6 Å². The van der Waals surface area contributed by atoms with E-state index in [1.165, 1.54) is 35.1 Å². The number of anilines is 1. The summed E-state index contributed by atoms with van der Waals surface area (Å²) in [6.07, 6.45) is 1.45. The second kappa shape index (κ2) is 8.97. The van der Waals surface area contributed by atoms with Crippen molar-refractivity contribution in [3.63, 3.8) is 0 Å². The lowest BCUT2D eigenvalue weighted by atomic mass is 10.1. The van der Waals surface area contributed by atoms with Crippen LogP contribution in [0.15, 0.2) is 54.7 Å². The molecule has 1 aliphatic rings. The molecule has 156 valence electrons. The lowest BCUT2D eigenvalue weighted by Gasteiger charge is -2.24. The summed E-state index contributed by atoms with van der Waals surface area (Å²) in [6.45, 7) is -0.623. The molecule has 10 heteroatoms. The monoisotopic (exact) mass is 415 g/mol. The maximum absolute atomic E-state index is 12.5. The van der Waals surface area contributed by atoms with Crippen molar-refractivity contribution in [2.75, 3.05) is 25.0 Å². The first-order valence-electron chi connectivity index (χ1n) is 9.30. The number of hydrogen-bond acceptors (Lipinski definition) is 6. The van der Waals surface area contributed by atoms with Crippen LogP contribution in [-0.4, -0.2) is 47.2 Å². The Hall–Kier alpha value is -3.37. The SMILES string of the molecule is O=C(Nc1ccc(C2CNCCO2)cc1)c1cn(-c2ccc(OC(F)F)cc2)nn1. The molecule has 1 atom stereocenters. The highest BCUT2D eigenvalue weighted by molar-refractivity contribution is 6.02. The molecule has 0 spiro atoms. The van der Waals surface area contributed by atoms with Gasteiger partial charge in [0.2, 0.25) is 0 Å². The number of halogens is 2. The summed E-state index contributed by atoms with van der Waals surface area (Å²) in [7, 11) is 0. The van der Waals surface area contributed by atoms with Crippen LogP contribution >= 0.6 is 0 Å². The van der Waals surface area contributed by atoms with Crippen LogP contribution in [0, 0.1) is 0 Å². The van der Waals surface area contributed by atoms with E-state index in [9.17, 15) is 13.6 Å². The average molecular weight is 415 g/mol. The van der Waals surface area contributed by atoms with Crippen molar-refractivity contribution in [2.45, 2.75) is 12.7 Å². The van der Waals surface area contributed by atoms with Crippen LogP contribution < -0.4 is 15.4 Å². The fourth-order valence-electron chi connectivity index (χ4n) is 3.03. The Bertz CT molecular complexity index is 986. The Morgan fingerprint density at radius 2 is 1.97 bits per heavy atom. The van der Waals surface area contributed by atoms with Crippen molar-refractivity contribution < 1.29 is 23.0 Å². The molecule has 0 saturated carbocycles. The fourth-order valence-corrected chi connectivity index (χ4v) is 3.03. The van der Waals surface area contributed by atoms with Crippen LogP contribution in [-0.2, 0) is 4.74 Å². The molecule has 1 amide bonds. The van der Waals surface area contributed by atoms with Gasteiger partial charge in [0.15, 0.2) is 5.69 Å². The highest BCUT2D eigenvalue weighted by Gasteiger charge is 2.16. The number of carbonyl (C=O) groups is 1. The number of benzene rings is 2. The lowest BCUT2D eigenvalue weighted by Crippen LogP contribution is -2.33. The van der Waals surface area contributed by atoms with Gasteiger partial charge in [0.1, 0.15) is 5.75 Å². The van der Waals surface area contributed by atoms with Gasteiger partial charge in [0.05, 0.1) is 24.6 Å². The summed E-state index contributed by atoms with van der Waals surface area (Å²) in [5, 5.41) is 13.8. The van der Waals surface area contributed by atoms with Crippen molar-refractivity contribution in [3.05, 3.63) is 66.0 Å². The average Bonchev–Trinajstić information content (AvgIpc) is 3.25. The van der Waals surface area contributed by atoms with Gasteiger partial charge in [-0.25, -0.2) is 4.68 Å². The quantitative estimate of drug-likeness (QED) is 0.644. The number of ether oxygens (including phenoxy) is 2.